The van der Waals surface area contributed by atoms with Crippen molar-refractivity contribution in [3.8, 4) is 5.75 Å². The Morgan fingerprint density at radius 3 is 2.67 bits per heavy atom. The SMILES string of the molecule is CCCCC(CC)Oc1cc(N)cc(C2CC2)c1. The Hall–Kier alpha value is -1.18. The number of ether oxygens (including phenoxy) is 1. The fourth-order valence-corrected chi connectivity index (χ4v) is 2.34. The molecule has 0 aliphatic heterocycles. The van der Waals surface area contributed by atoms with E-state index in [1.807, 2.05) is 6.07 Å². The van der Waals surface area contributed by atoms with E-state index in [4.69, 9.17) is 10.5 Å². The zero-order valence-electron chi connectivity index (χ0n) is 11.6. The fourth-order valence-electron chi connectivity index (χ4n) is 2.34. The fraction of sp³-hybridized carbons (Fsp3) is 0.625. The number of unbranched alkanes of at least 4 members (excludes halogenated alkanes) is 1. The smallest absolute Gasteiger partial charge is 0.122 e. The van der Waals surface area contributed by atoms with E-state index in [0.29, 0.717) is 6.10 Å². The van der Waals surface area contributed by atoms with Crippen molar-refractivity contribution in [3.63, 3.8) is 0 Å². The molecule has 0 saturated heterocycles. The summed E-state index contributed by atoms with van der Waals surface area (Å²) in [5, 5.41) is 0. The molecule has 1 atom stereocenters. The first-order valence-electron chi connectivity index (χ1n) is 7.30. The van der Waals surface area contributed by atoms with Gasteiger partial charge in [0.15, 0.2) is 0 Å². The maximum Gasteiger partial charge on any atom is 0.122 e. The van der Waals surface area contributed by atoms with Gasteiger partial charge in [-0.3, -0.25) is 0 Å². The van der Waals surface area contributed by atoms with Crippen LogP contribution in [0.15, 0.2) is 18.2 Å². The molecule has 0 heterocycles. The molecule has 0 aromatic heterocycles. The number of nitrogen functional groups attached to an aromatic ring is 1. The van der Waals surface area contributed by atoms with Crippen LogP contribution in [0, 0.1) is 0 Å². The van der Waals surface area contributed by atoms with Crippen LogP contribution in [-0.4, -0.2) is 6.10 Å². The van der Waals surface area contributed by atoms with Crippen molar-refractivity contribution in [2.45, 2.75) is 64.4 Å². The molecule has 1 aliphatic rings. The van der Waals surface area contributed by atoms with Crippen LogP contribution in [0.4, 0.5) is 5.69 Å². The van der Waals surface area contributed by atoms with Gasteiger partial charge in [0.05, 0.1) is 6.10 Å². The summed E-state index contributed by atoms with van der Waals surface area (Å²) in [6.07, 6.45) is 7.60. The first-order chi connectivity index (χ1) is 8.72. The summed E-state index contributed by atoms with van der Waals surface area (Å²) in [6, 6.07) is 6.24. The van der Waals surface area contributed by atoms with Crippen LogP contribution in [0.5, 0.6) is 5.75 Å². The minimum absolute atomic E-state index is 0.332. The number of nitrogens with two attached hydrogens (primary N) is 1. The zero-order valence-corrected chi connectivity index (χ0v) is 11.6. The highest BCUT2D eigenvalue weighted by molar-refractivity contribution is 5.49. The van der Waals surface area contributed by atoms with Crippen LogP contribution in [0.3, 0.4) is 0 Å². The highest BCUT2D eigenvalue weighted by Gasteiger charge is 2.24. The Labute approximate surface area is 111 Å². The van der Waals surface area contributed by atoms with E-state index in [9.17, 15) is 0 Å². The maximum atomic E-state index is 6.09. The molecule has 1 saturated carbocycles. The van der Waals surface area contributed by atoms with Crippen molar-refractivity contribution < 1.29 is 4.74 Å². The molecule has 1 aromatic rings. The van der Waals surface area contributed by atoms with Crippen molar-refractivity contribution in [2.75, 3.05) is 5.73 Å². The molecule has 1 fully saturated rings. The minimum Gasteiger partial charge on any atom is -0.490 e. The van der Waals surface area contributed by atoms with Crippen molar-refractivity contribution in [1.82, 2.24) is 0 Å². The number of hydrogen-bond acceptors (Lipinski definition) is 2. The van der Waals surface area contributed by atoms with E-state index in [0.717, 1.165) is 30.2 Å². The van der Waals surface area contributed by atoms with Gasteiger partial charge in [0, 0.05) is 11.8 Å². The highest BCUT2D eigenvalue weighted by Crippen LogP contribution is 2.42. The van der Waals surface area contributed by atoms with Crippen LogP contribution < -0.4 is 10.5 Å². The molecule has 0 radical (unpaired) electrons. The lowest BCUT2D eigenvalue weighted by atomic mass is 10.1. The molecule has 1 aliphatic carbocycles. The summed E-state index contributed by atoms with van der Waals surface area (Å²) < 4.78 is 6.09. The normalized spacial score (nSPS) is 16.6. The van der Waals surface area contributed by atoms with Gasteiger partial charge in [-0.15, -0.1) is 0 Å². The largest absolute Gasteiger partial charge is 0.490 e. The quantitative estimate of drug-likeness (QED) is 0.720. The average Bonchev–Trinajstić information content (AvgIpc) is 3.18. The van der Waals surface area contributed by atoms with Crippen LogP contribution in [0.2, 0.25) is 0 Å². The lowest BCUT2D eigenvalue weighted by Gasteiger charge is -2.18. The predicted molar refractivity (Wildman–Crippen MR) is 77.1 cm³/mol. The van der Waals surface area contributed by atoms with Crippen LogP contribution in [0.25, 0.3) is 0 Å². The summed E-state index contributed by atoms with van der Waals surface area (Å²) in [4.78, 5) is 0. The Balaban J connectivity index is 2.02. The van der Waals surface area contributed by atoms with E-state index in [-0.39, 0.29) is 0 Å². The van der Waals surface area contributed by atoms with Crippen molar-refractivity contribution in [2.24, 2.45) is 0 Å². The second kappa shape index (κ2) is 6.12. The zero-order chi connectivity index (χ0) is 13.0. The van der Waals surface area contributed by atoms with Gasteiger partial charge in [-0.05, 0) is 49.3 Å². The van der Waals surface area contributed by atoms with Gasteiger partial charge in [-0.1, -0.05) is 26.7 Å². The molecule has 0 amide bonds. The molecule has 0 spiro atoms. The Morgan fingerprint density at radius 2 is 2.06 bits per heavy atom. The lowest BCUT2D eigenvalue weighted by molar-refractivity contribution is 0.183. The van der Waals surface area contributed by atoms with Crippen molar-refractivity contribution in [1.29, 1.82) is 0 Å². The molecule has 100 valence electrons. The molecule has 2 heteroatoms. The molecule has 18 heavy (non-hydrogen) atoms. The maximum absolute atomic E-state index is 6.09. The minimum atomic E-state index is 0.332. The second-order valence-electron chi connectivity index (χ2n) is 5.40. The van der Waals surface area contributed by atoms with Gasteiger partial charge >= 0.3 is 0 Å². The molecule has 0 bridgehead atoms. The number of hydrogen-bond donors (Lipinski definition) is 1. The molecule has 2 nitrogen and oxygen atoms in total. The first kappa shape index (κ1) is 13.3. The Bertz CT molecular complexity index is 385. The first-order valence-corrected chi connectivity index (χ1v) is 7.30. The van der Waals surface area contributed by atoms with Gasteiger partial charge in [-0.25, -0.2) is 0 Å². The summed E-state index contributed by atoms with van der Waals surface area (Å²) in [5.74, 6) is 1.69. The Morgan fingerprint density at radius 1 is 1.28 bits per heavy atom. The third-order valence-electron chi connectivity index (χ3n) is 3.64. The topological polar surface area (TPSA) is 35.2 Å². The van der Waals surface area contributed by atoms with Gasteiger partial charge in [0.2, 0.25) is 0 Å². The lowest BCUT2D eigenvalue weighted by Crippen LogP contribution is -2.15. The van der Waals surface area contributed by atoms with E-state index >= 15 is 0 Å². The summed E-state index contributed by atoms with van der Waals surface area (Å²) in [6.45, 7) is 4.41. The standard InChI is InChI=1S/C16H25NO/c1-3-5-6-15(4-2)18-16-10-13(12-7-8-12)9-14(17)11-16/h9-12,15H,3-8,17H2,1-2H3. The van der Waals surface area contributed by atoms with E-state index < -0.39 is 0 Å². The summed E-state index contributed by atoms with van der Waals surface area (Å²) in [7, 11) is 0. The molecule has 2 N–H and O–H groups in total. The molecule has 1 unspecified atom stereocenters. The van der Waals surface area contributed by atoms with Crippen molar-refractivity contribution in [3.05, 3.63) is 23.8 Å². The predicted octanol–water partition coefficient (Wildman–Crippen LogP) is 4.49. The van der Waals surface area contributed by atoms with Crippen molar-refractivity contribution >= 4 is 5.69 Å². The van der Waals surface area contributed by atoms with Crippen LogP contribution in [-0.2, 0) is 0 Å². The van der Waals surface area contributed by atoms with Gasteiger partial charge in [-0.2, -0.15) is 0 Å². The third-order valence-corrected chi connectivity index (χ3v) is 3.64. The highest BCUT2D eigenvalue weighted by atomic mass is 16.5. The molecule has 1 aromatic carbocycles. The number of anilines is 1. The van der Waals surface area contributed by atoms with Gasteiger partial charge in [0.1, 0.15) is 5.75 Å². The van der Waals surface area contributed by atoms with E-state index in [2.05, 4.69) is 26.0 Å². The molecular formula is C16H25NO. The van der Waals surface area contributed by atoms with Crippen LogP contribution in [0.1, 0.15) is 63.9 Å². The molecule has 2 rings (SSSR count). The monoisotopic (exact) mass is 247 g/mol. The molecular weight excluding hydrogens is 222 g/mol. The number of benzene rings is 1. The third kappa shape index (κ3) is 3.66. The summed E-state index contributed by atoms with van der Waals surface area (Å²) in [5.41, 5.74) is 8.15. The Kier molecular flexibility index (Phi) is 4.51. The average molecular weight is 247 g/mol. The van der Waals surface area contributed by atoms with Gasteiger partial charge < -0.3 is 10.5 Å². The van der Waals surface area contributed by atoms with Crippen LogP contribution >= 0.6 is 0 Å². The van der Waals surface area contributed by atoms with E-state index in [1.165, 1.54) is 31.2 Å². The van der Waals surface area contributed by atoms with E-state index in [1.54, 1.807) is 0 Å². The number of rotatable bonds is 7. The second-order valence-corrected chi connectivity index (χ2v) is 5.40. The van der Waals surface area contributed by atoms with Gasteiger partial charge in [0.25, 0.3) is 0 Å². The summed E-state index contributed by atoms with van der Waals surface area (Å²) >= 11 is 0.